The summed E-state index contributed by atoms with van der Waals surface area (Å²) >= 11 is 5.91. The number of aliphatic carboxylic acids is 1. The number of carboxylic acids is 1. The van der Waals surface area contributed by atoms with Gasteiger partial charge in [-0.2, -0.15) is 0 Å². The topological polar surface area (TPSA) is 93.1 Å². The Morgan fingerprint density at radius 3 is 2.41 bits per heavy atom. The molecule has 0 spiro atoms. The molecule has 170 valence electrons. The second kappa shape index (κ2) is 9.90. The van der Waals surface area contributed by atoms with Crippen molar-refractivity contribution in [1.29, 1.82) is 0 Å². The van der Waals surface area contributed by atoms with Crippen LogP contribution in [-0.2, 0) is 11.2 Å². The summed E-state index contributed by atoms with van der Waals surface area (Å²) in [4.78, 5) is 27.8. The lowest BCUT2D eigenvalue weighted by atomic mass is 10.0. The molecule has 0 saturated carbocycles. The lowest BCUT2D eigenvalue weighted by Crippen LogP contribution is -2.50. The van der Waals surface area contributed by atoms with E-state index in [4.69, 9.17) is 11.6 Å². The van der Waals surface area contributed by atoms with Crippen LogP contribution in [0.5, 0.6) is 0 Å². The fourth-order valence-corrected chi connectivity index (χ4v) is 4.73. The molecule has 2 aliphatic heterocycles. The number of halogens is 1. The number of carbonyl (C=O) groups is 2. The third-order valence-electron chi connectivity index (χ3n) is 6.29. The van der Waals surface area contributed by atoms with Gasteiger partial charge in [-0.1, -0.05) is 29.8 Å². The van der Waals surface area contributed by atoms with Crippen LogP contribution >= 0.6 is 11.6 Å². The van der Waals surface area contributed by atoms with E-state index in [2.05, 4.69) is 10.2 Å². The number of benzene rings is 2. The van der Waals surface area contributed by atoms with Crippen molar-refractivity contribution in [1.82, 2.24) is 10.2 Å². The number of nitrogens with one attached hydrogen (secondary N) is 1. The van der Waals surface area contributed by atoms with Gasteiger partial charge in [0.25, 0.3) is 5.91 Å². The van der Waals surface area contributed by atoms with Crippen molar-refractivity contribution in [2.24, 2.45) is 0 Å². The normalized spacial score (nSPS) is 21.7. The molecule has 2 fully saturated rings. The Hall–Kier alpha value is -2.61. The number of piperidine rings is 1. The molecule has 32 heavy (non-hydrogen) atoms. The van der Waals surface area contributed by atoms with Gasteiger partial charge in [-0.3, -0.25) is 9.59 Å². The average Bonchev–Trinajstić information content (AvgIpc) is 3.14. The smallest absolute Gasteiger partial charge is 0.307 e. The molecular weight excluding hydrogens is 430 g/mol. The van der Waals surface area contributed by atoms with Gasteiger partial charge in [0.1, 0.15) is 0 Å². The van der Waals surface area contributed by atoms with Crippen molar-refractivity contribution in [3.63, 3.8) is 0 Å². The molecule has 2 aromatic carbocycles. The Balaban J connectivity index is 1.32. The van der Waals surface area contributed by atoms with Crippen LogP contribution in [0, 0.1) is 0 Å². The maximum absolute atomic E-state index is 12.7. The van der Waals surface area contributed by atoms with Crippen LogP contribution in [0.4, 0.5) is 5.69 Å². The molecule has 1 amide bonds. The molecule has 0 aliphatic carbocycles. The molecule has 0 aromatic heterocycles. The van der Waals surface area contributed by atoms with Gasteiger partial charge in [0.05, 0.1) is 18.6 Å². The van der Waals surface area contributed by atoms with Gasteiger partial charge in [-0.15, -0.1) is 0 Å². The van der Waals surface area contributed by atoms with Crippen LogP contribution in [0.25, 0.3) is 0 Å². The molecule has 0 radical (unpaired) electrons. The predicted octanol–water partition coefficient (Wildman–Crippen LogP) is 2.41. The molecule has 8 heteroatoms. The minimum atomic E-state index is -0.869. The van der Waals surface area contributed by atoms with Gasteiger partial charge in [-0.25, -0.2) is 0 Å². The Morgan fingerprint density at radius 2 is 1.72 bits per heavy atom. The number of nitrogens with zero attached hydrogens (tertiary/aromatic N) is 2. The van der Waals surface area contributed by atoms with E-state index in [1.54, 1.807) is 24.3 Å². The summed E-state index contributed by atoms with van der Waals surface area (Å²) in [6.07, 6.45) is 1.05. The van der Waals surface area contributed by atoms with Crippen molar-refractivity contribution in [2.45, 2.75) is 37.5 Å². The van der Waals surface area contributed by atoms with Crippen molar-refractivity contribution >= 4 is 29.2 Å². The summed E-state index contributed by atoms with van der Waals surface area (Å²) in [7, 11) is 0. The number of anilines is 1. The lowest BCUT2D eigenvalue weighted by Gasteiger charge is -2.34. The van der Waals surface area contributed by atoms with Crippen LogP contribution in [0.2, 0.25) is 5.02 Å². The first-order valence-corrected chi connectivity index (χ1v) is 11.3. The molecule has 7 nitrogen and oxygen atoms in total. The first-order valence-electron chi connectivity index (χ1n) is 10.9. The third kappa shape index (κ3) is 5.23. The summed E-state index contributed by atoms with van der Waals surface area (Å²) in [6.45, 7) is 2.39. The summed E-state index contributed by atoms with van der Waals surface area (Å²) in [6, 6.07) is 14.5. The maximum atomic E-state index is 12.7. The largest absolute Gasteiger partial charge is 0.481 e. The molecule has 3 N–H and O–H groups in total. The molecule has 4 rings (SSSR count). The highest BCUT2D eigenvalue weighted by Crippen LogP contribution is 2.26. The van der Waals surface area contributed by atoms with E-state index >= 15 is 0 Å². The molecule has 2 heterocycles. The number of hydrogen-bond acceptors (Lipinski definition) is 5. The fourth-order valence-electron chi connectivity index (χ4n) is 4.61. The minimum Gasteiger partial charge on any atom is -0.481 e. The Bertz CT molecular complexity index is 960. The number of carboxylic acid groups (broad SMARTS) is 1. The maximum Gasteiger partial charge on any atom is 0.307 e. The molecule has 2 saturated heterocycles. The van der Waals surface area contributed by atoms with E-state index in [9.17, 15) is 19.8 Å². The average molecular weight is 458 g/mol. The number of aliphatic hydroxyl groups excluding tert-OH is 1. The number of likely N-dealkylation sites (tertiary alicyclic amines) is 1. The summed E-state index contributed by atoms with van der Waals surface area (Å²) in [5, 5.41) is 24.0. The van der Waals surface area contributed by atoms with Gasteiger partial charge < -0.3 is 25.3 Å². The standard InChI is InChI=1S/C24H28ClN3O4/c25-18-7-5-16(6-8-18)24(32)27-11-9-19(10-12-27)26-20-14-28(15-22(20)29)21-4-2-1-3-17(21)13-23(30)31/h1-8,19-20,22,26,29H,9-15H2,(H,30,31)/t20?,22-/m1/s1. The summed E-state index contributed by atoms with van der Waals surface area (Å²) in [5.74, 6) is -0.853. The zero-order chi connectivity index (χ0) is 22.7. The third-order valence-corrected chi connectivity index (χ3v) is 6.54. The number of β-amino-alcohol motifs (C(OH)–C–C–N with tert-alkyl or cyclic N) is 1. The Kier molecular flexibility index (Phi) is 6.98. The zero-order valence-corrected chi connectivity index (χ0v) is 18.5. The number of carbonyl (C=O) groups excluding carboxylic acids is 1. The first-order chi connectivity index (χ1) is 15.4. The van der Waals surface area contributed by atoms with E-state index < -0.39 is 12.1 Å². The van der Waals surface area contributed by atoms with Gasteiger partial charge >= 0.3 is 5.97 Å². The molecule has 2 atom stereocenters. The number of rotatable bonds is 6. The molecular formula is C24H28ClN3O4. The molecule has 2 aliphatic rings. The Labute approximate surface area is 192 Å². The van der Waals surface area contributed by atoms with E-state index in [1.807, 2.05) is 29.2 Å². The van der Waals surface area contributed by atoms with Gasteiger partial charge in [0.15, 0.2) is 0 Å². The highest BCUT2D eigenvalue weighted by atomic mass is 35.5. The van der Waals surface area contributed by atoms with Crippen molar-refractivity contribution in [3.8, 4) is 0 Å². The molecule has 2 aromatic rings. The SMILES string of the molecule is O=C(O)Cc1ccccc1N1CC(NC2CCN(C(=O)c3ccc(Cl)cc3)CC2)[C@H](O)C1. The molecule has 1 unspecified atom stereocenters. The first kappa shape index (κ1) is 22.6. The Morgan fingerprint density at radius 1 is 1.03 bits per heavy atom. The quantitative estimate of drug-likeness (QED) is 0.617. The number of amides is 1. The summed E-state index contributed by atoms with van der Waals surface area (Å²) in [5.41, 5.74) is 2.26. The second-order valence-electron chi connectivity index (χ2n) is 8.52. The monoisotopic (exact) mass is 457 g/mol. The predicted molar refractivity (Wildman–Crippen MR) is 123 cm³/mol. The lowest BCUT2D eigenvalue weighted by molar-refractivity contribution is -0.136. The van der Waals surface area contributed by atoms with E-state index in [-0.39, 0.29) is 24.4 Å². The van der Waals surface area contributed by atoms with Crippen molar-refractivity contribution in [2.75, 3.05) is 31.1 Å². The second-order valence-corrected chi connectivity index (χ2v) is 8.95. The van der Waals surface area contributed by atoms with E-state index in [1.165, 1.54) is 0 Å². The number of para-hydroxylation sites is 1. The highest BCUT2D eigenvalue weighted by molar-refractivity contribution is 6.30. The van der Waals surface area contributed by atoms with Crippen molar-refractivity contribution < 1.29 is 19.8 Å². The highest BCUT2D eigenvalue weighted by Gasteiger charge is 2.35. The molecule has 0 bridgehead atoms. The van der Waals surface area contributed by atoms with Crippen LogP contribution in [0.1, 0.15) is 28.8 Å². The van der Waals surface area contributed by atoms with E-state index in [0.29, 0.717) is 36.8 Å². The fraction of sp³-hybridized carbons (Fsp3) is 0.417. The zero-order valence-electron chi connectivity index (χ0n) is 17.8. The number of hydrogen-bond donors (Lipinski definition) is 3. The van der Waals surface area contributed by atoms with Crippen LogP contribution in [0.15, 0.2) is 48.5 Å². The summed E-state index contributed by atoms with van der Waals surface area (Å²) < 4.78 is 0. The number of aliphatic hydroxyl groups is 1. The van der Waals surface area contributed by atoms with Crippen LogP contribution < -0.4 is 10.2 Å². The van der Waals surface area contributed by atoms with Gasteiger partial charge in [-0.05, 0) is 48.7 Å². The minimum absolute atomic E-state index is 0.0160. The van der Waals surface area contributed by atoms with Crippen LogP contribution in [-0.4, -0.2) is 71.4 Å². The van der Waals surface area contributed by atoms with E-state index in [0.717, 1.165) is 24.1 Å². The van der Waals surface area contributed by atoms with Gasteiger partial charge in [0, 0.05) is 48.5 Å². The van der Waals surface area contributed by atoms with Gasteiger partial charge in [0.2, 0.25) is 0 Å². The van der Waals surface area contributed by atoms with Crippen LogP contribution in [0.3, 0.4) is 0 Å². The van der Waals surface area contributed by atoms with Crippen molar-refractivity contribution in [3.05, 3.63) is 64.7 Å².